The zero-order valence-electron chi connectivity index (χ0n) is 14.1. The van der Waals surface area contributed by atoms with E-state index in [1.54, 1.807) is 34.9 Å². The van der Waals surface area contributed by atoms with Gasteiger partial charge >= 0.3 is 0 Å². The lowest BCUT2D eigenvalue weighted by molar-refractivity contribution is -0.116. The van der Waals surface area contributed by atoms with E-state index >= 15 is 0 Å². The monoisotopic (exact) mass is 367 g/mol. The number of fused-ring (bicyclic) bond motifs is 1. The first-order valence-corrected chi connectivity index (χ1v) is 9.05. The Morgan fingerprint density at radius 1 is 1.19 bits per heavy atom. The molecule has 5 nitrogen and oxygen atoms in total. The number of nitrogens with one attached hydrogen (secondary N) is 1. The Balaban J connectivity index is 1.56. The smallest absolute Gasteiger partial charge is 0.261 e. The van der Waals surface area contributed by atoms with Crippen LogP contribution in [0.3, 0.4) is 0 Å². The van der Waals surface area contributed by atoms with Gasteiger partial charge in [-0.25, -0.2) is 4.98 Å². The number of carbonyl (C=O) groups is 1. The molecule has 2 aromatic carbocycles. The molecule has 1 saturated carbocycles. The van der Waals surface area contributed by atoms with Crippen molar-refractivity contribution in [2.75, 3.05) is 5.32 Å². The van der Waals surface area contributed by atoms with Crippen LogP contribution in [0.5, 0.6) is 0 Å². The summed E-state index contributed by atoms with van der Waals surface area (Å²) in [4.78, 5) is 29.7. The lowest BCUT2D eigenvalue weighted by Gasteiger charge is -2.13. The standard InChI is InChI=1S/C20H18ClN3O2/c21-13-4-3-5-14(12-13)22-19(25)11-10-18-23-17-7-2-1-6-16(17)20(26)24(18)15-8-9-15/h1-7,12,15H,8-11H2,(H,22,25). The van der Waals surface area contributed by atoms with Gasteiger partial charge in [-0.15, -0.1) is 0 Å². The first kappa shape index (κ1) is 16.8. The zero-order chi connectivity index (χ0) is 18.1. The van der Waals surface area contributed by atoms with E-state index in [-0.39, 0.29) is 23.9 Å². The number of nitrogens with zero attached hydrogens (tertiary/aromatic N) is 2. The Bertz CT molecular complexity index is 1040. The molecule has 0 radical (unpaired) electrons. The van der Waals surface area contributed by atoms with E-state index in [2.05, 4.69) is 10.3 Å². The molecule has 1 aromatic heterocycles. The van der Waals surface area contributed by atoms with Crippen molar-refractivity contribution in [1.82, 2.24) is 9.55 Å². The maximum Gasteiger partial charge on any atom is 0.261 e. The highest BCUT2D eigenvalue weighted by Crippen LogP contribution is 2.34. The van der Waals surface area contributed by atoms with Gasteiger partial charge in [0.1, 0.15) is 5.82 Å². The van der Waals surface area contributed by atoms with Gasteiger partial charge in [-0.2, -0.15) is 0 Å². The van der Waals surface area contributed by atoms with Crippen molar-refractivity contribution in [1.29, 1.82) is 0 Å². The molecule has 1 amide bonds. The van der Waals surface area contributed by atoms with Gasteiger partial charge in [0, 0.05) is 29.6 Å². The number of hydrogen-bond acceptors (Lipinski definition) is 3. The number of benzene rings is 2. The van der Waals surface area contributed by atoms with E-state index in [1.165, 1.54) is 0 Å². The summed E-state index contributed by atoms with van der Waals surface area (Å²) < 4.78 is 1.77. The Morgan fingerprint density at radius 3 is 2.77 bits per heavy atom. The van der Waals surface area contributed by atoms with Crippen LogP contribution >= 0.6 is 11.6 Å². The fourth-order valence-corrected chi connectivity index (χ4v) is 3.28. The predicted octanol–water partition coefficient (Wildman–Crippen LogP) is 3.96. The van der Waals surface area contributed by atoms with Crippen molar-refractivity contribution in [3.05, 3.63) is 69.7 Å². The highest BCUT2D eigenvalue weighted by molar-refractivity contribution is 6.30. The number of para-hydroxylation sites is 1. The van der Waals surface area contributed by atoms with Gasteiger partial charge in [0.05, 0.1) is 10.9 Å². The number of halogens is 1. The second kappa shape index (κ2) is 6.92. The molecule has 1 fully saturated rings. The molecule has 6 heteroatoms. The van der Waals surface area contributed by atoms with Crippen molar-refractivity contribution < 1.29 is 4.79 Å². The minimum Gasteiger partial charge on any atom is -0.326 e. The molecular weight excluding hydrogens is 350 g/mol. The Hall–Kier alpha value is -2.66. The quantitative estimate of drug-likeness (QED) is 0.742. The van der Waals surface area contributed by atoms with Crippen LogP contribution in [-0.4, -0.2) is 15.5 Å². The van der Waals surface area contributed by atoms with Crippen LogP contribution in [0.25, 0.3) is 10.9 Å². The van der Waals surface area contributed by atoms with Gasteiger partial charge in [-0.05, 0) is 43.2 Å². The number of aryl methyl sites for hydroxylation is 1. The van der Waals surface area contributed by atoms with Crippen molar-refractivity contribution >= 4 is 34.1 Å². The SMILES string of the molecule is O=C(CCc1nc2ccccc2c(=O)n1C1CC1)Nc1cccc(Cl)c1. The highest BCUT2D eigenvalue weighted by Gasteiger charge is 2.28. The summed E-state index contributed by atoms with van der Waals surface area (Å²) in [5.41, 5.74) is 1.33. The van der Waals surface area contributed by atoms with E-state index in [1.807, 2.05) is 18.2 Å². The first-order valence-electron chi connectivity index (χ1n) is 8.67. The minimum absolute atomic E-state index is 0.0108. The zero-order valence-corrected chi connectivity index (χ0v) is 14.9. The van der Waals surface area contributed by atoms with Crippen molar-refractivity contribution in [3.63, 3.8) is 0 Å². The first-order chi connectivity index (χ1) is 12.6. The molecular formula is C20H18ClN3O2. The second-order valence-corrected chi connectivity index (χ2v) is 6.95. The van der Waals surface area contributed by atoms with E-state index in [4.69, 9.17) is 11.6 Å². The second-order valence-electron chi connectivity index (χ2n) is 6.51. The van der Waals surface area contributed by atoms with Crippen LogP contribution in [0.2, 0.25) is 5.02 Å². The van der Waals surface area contributed by atoms with Crippen LogP contribution in [0.4, 0.5) is 5.69 Å². The van der Waals surface area contributed by atoms with Crippen molar-refractivity contribution in [3.8, 4) is 0 Å². The maximum atomic E-state index is 12.8. The summed E-state index contributed by atoms with van der Waals surface area (Å²) in [6.45, 7) is 0. The van der Waals surface area contributed by atoms with Gasteiger partial charge in [0.15, 0.2) is 0 Å². The molecule has 0 spiro atoms. The third-order valence-corrected chi connectivity index (χ3v) is 4.71. The fourth-order valence-electron chi connectivity index (χ4n) is 3.09. The molecule has 132 valence electrons. The highest BCUT2D eigenvalue weighted by atomic mass is 35.5. The molecule has 3 aromatic rings. The average molecular weight is 368 g/mol. The number of amides is 1. The number of anilines is 1. The van der Waals surface area contributed by atoms with Gasteiger partial charge < -0.3 is 5.32 Å². The van der Waals surface area contributed by atoms with Crippen LogP contribution in [0.15, 0.2) is 53.3 Å². The summed E-state index contributed by atoms with van der Waals surface area (Å²) in [6, 6.07) is 14.6. The molecule has 0 unspecified atom stereocenters. The number of hydrogen-bond donors (Lipinski definition) is 1. The van der Waals surface area contributed by atoms with Gasteiger partial charge in [0.25, 0.3) is 5.56 Å². The maximum absolute atomic E-state index is 12.8. The van der Waals surface area contributed by atoms with Crippen LogP contribution in [-0.2, 0) is 11.2 Å². The summed E-state index contributed by atoms with van der Waals surface area (Å²) in [7, 11) is 0. The Labute approximate surface area is 155 Å². The third kappa shape index (κ3) is 3.48. The van der Waals surface area contributed by atoms with Gasteiger partial charge in [-0.3, -0.25) is 14.2 Å². The van der Waals surface area contributed by atoms with E-state index < -0.39 is 0 Å². The lowest BCUT2D eigenvalue weighted by Crippen LogP contribution is -2.25. The Kier molecular flexibility index (Phi) is 4.47. The van der Waals surface area contributed by atoms with Gasteiger partial charge in [0.2, 0.25) is 5.91 Å². The van der Waals surface area contributed by atoms with Crippen LogP contribution < -0.4 is 10.9 Å². The molecule has 0 bridgehead atoms. The number of aromatic nitrogens is 2. The van der Waals surface area contributed by atoms with Crippen LogP contribution in [0, 0.1) is 0 Å². The fraction of sp³-hybridized carbons (Fsp3) is 0.250. The number of carbonyl (C=O) groups excluding carboxylic acids is 1. The molecule has 0 aliphatic heterocycles. The molecule has 1 aliphatic carbocycles. The van der Waals surface area contributed by atoms with E-state index in [9.17, 15) is 9.59 Å². The minimum atomic E-state index is -0.128. The average Bonchev–Trinajstić information content (AvgIpc) is 3.45. The van der Waals surface area contributed by atoms with E-state index in [0.29, 0.717) is 33.9 Å². The predicted molar refractivity (Wildman–Crippen MR) is 103 cm³/mol. The molecule has 26 heavy (non-hydrogen) atoms. The van der Waals surface area contributed by atoms with Crippen molar-refractivity contribution in [2.45, 2.75) is 31.7 Å². The number of rotatable bonds is 5. The molecule has 0 saturated heterocycles. The van der Waals surface area contributed by atoms with Gasteiger partial charge in [-0.1, -0.05) is 29.8 Å². The molecule has 4 rings (SSSR count). The van der Waals surface area contributed by atoms with Crippen LogP contribution in [0.1, 0.15) is 31.1 Å². The molecule has 0 atom stereocenters. The normalized spacial score (nSPS) is 13.7. The molecule has 1 heterocycles. The third-order valence-electron chi connectivity index (χ3n) is 4.48. The summed E-state index contributed by atoms with van der Waals surface area (Å²) in [6.07, 6.45) is 2.65. The summed E-state index contributed by atoms with van der Waals surface area (Å²) >= 11 is 5.94. The summed E-state index contributed by atoms with van der Waals surface area (Å²) in [5.74, 6) is 0.550. The largest absolute Gasteiger partial charge is 0.326 e. The lowest BCUT2D eigenvalue weighted by atomic mass is 10.2. The molecule has 1 N–H and O–H groups in total. The Morgan fingerprint density at radius 2 is 2.00 bits per heavy atom. The summed E-state index contributed by atoms with van der Waals surface area (Å²) in [5, 5.41) is 4.03. The topological polar surface area (TPSA) is 64.0 Å². The van der Waals surface area contributed by atoms with E-state index in [0.717, 1.165) is 12.8 Å². The van der Waals surface area contributed by atoms with Crippen molar-refractivity contribution in [2.24, 2.45) is 0 Å². The molecule has 1 aliphatic rings.